The highest BCUT2D eigenvalue weighted by molar-refractivity contribution is 5.78. The maximum absolute atomic E-state index is 11.8. The maximum Gasteiger partial charge on any atom is 0.308 e. The van der Waals surface area contributed by atoms with Crippen molar-refractivity contribution in [2.24, 2.45) is 11.8 Å². The highest BCUT2D eigenvalue weighted by atomic mass is 16.5. The molecular formula is C17H20N2O5. The van der Waals surface area contributed by atoms with E-state index >= 15 is 0 Å². The molecule has 1 heterocycles. The average Bonchev–Trinajstić information content (AvgIpc) is 2.61. The summed E-state index contributed by atoms with van der Waals surface area (Å²) in [6, 6.07) is 8.40. The third kappa shape index (κ3) is 5.25. The van der Waals surface area contributed by atoms with E-state index in [0.717, 1.165) is 0 Å². The Hall–Kier alpha value is -2.59. The van der Waals surface area contributed by atoms with Crippen molar-refractivity contribution in [3.63, 3.8) is 0 Å². The molecule has 1 saturated heterocycles. The lowest BCUT2D eigenvalue weighted by Crippen LogP contribution is -2.40. The van der Waals surface area contributed by atoms with Gasteiger partial charge in [0.05, 0.1) is 17.6 Å². The summed E-state index contributed by atoms with van der Waals surface area (Å²) in [5.74, 6) is -1.42. The van der Waals surface area contributed by atoms with Gasteiger partial charge >= 0.3 is 5.97 Å². The Morgan fingerprint density at radius 2 is 2.00 bits per heavy atom. The number of benzene rings is 1. The Morgan fingerprint density at radius 1 is 1.33 bits per heavy atom. The number of amides is 1. The normalized spacial score (nSPS) is 16.0. The van der Waals surface area contributed by atoms with Gasteiger partial charge < -0.3 is 19.9 Å². The molecule has 0 bridgehead atoms. The molecule has 0 radical (unpaired) electrons. The standard InChI is InChI=1S/C17H20N2O5/c18-9-12-1-3-14(4-2-12)24-11-16(20)19-10-15(17(21)22)13-5-7-23-8-6-13/h1-4,13,15H,5-8,10-11H2,(H,19,20)(H,21,22). The van der Waals surface area contributed by atoms with Crippen molar-refractivity contribution >= 4 is 11.9 Å². The summed E-state index contributed by atoms with van der Waals surface area (Å²) in [5.41, 5.74) is 0.507. The van der Waals surface area contributed by atoms with Crippen LogP contribution in [-0.4, -0.2) is 43.3 Å². The van der Waals surface area contributed by atoms with E-state index in [1.54, 1.807) is 24.3 Å². The number of aliphatic carboxylic acids is 1. The Bertz CT molecular complexity index is 602. The summed E-state index contributed by atoms with van der Waals surface area (Å²) in [7, 11) is 0. The van der Waals surface area contributed by atoms with Crippen LogP contribution in [0.5, 0.6) is 5.75 Å². The van der Waals surface area contributed by atoms with Crippen molar-refractivity contribution in [3.8, 4) is 11.8 Å². The molecule has 0 aliphatic carbocycles. The molecule has 7 heteroatoms. The van der Waals surface area contributed by atoms with Crippen molar-refractivity contribution in [1.82, 2.24) is 5.32 Å². The van der Waals surface area contributed by atoms with Crippen molar-refractivity contribution in [3.05, 3.63) is 29.8 Å². The Kier molecular flexibility index (Phi) is 6.58. The van der Waals surface area contributed by atoms with Gasteiger partial charge in [0.2, 0.25) is 0 Å². The quantitative estimate of drug-likeness (QED) is 0.776. The molecule has 1 atom stereocenters. The Morgan fingerprint density at radius 3 is 2.58 bits per heavy atom. The van der Waals surface area contributed by atoms with Crippen LogP contribution in [0.15, 0.2) is 24.3 Å². The number of hydrogen-bond donors (Lipinski definition) is 2. The van der Waals surface area contributed by atoms with Crippen LogP contribution in [0.2, 0.25) is 0 Å². The number of hydrogen-bond acceptors (Lipinski definition) is 5. The second-order valence-electron chi connectivity index (χ2n) is 5.62. The minimum atomic E-state index is -0.907. The number of nitrogens with one attached hydrogen (secondary N) is 1. The molecule has 24 heavy (non-hydrogen) atoms. The molecule has 0 aromatic heterocycles. The van der Waals surface area contributed by atoms with Gasteiger partial charge in [0.1, 0.15) is 5.75 Å². The molecular weight excluding hydrogens is 312 g/mol. The molecule has 128 valence electrons. The van der Waals surface area contributed by atoms with E-state index in [4.69, 9.17) is 14.7 Å². The van der Waals surface area contributed by atoms with Gasteiger partial charge in [-0.1, -0.05) is 0 Å². The second-order valence-corrected chi connectivity index (χ2v) is 5.62. The van der Waals surface area contributed by atoms with E-state index in [9.17, 15) is 14.7 Å². The predicted octanol–water partition coefficient (Wildman–Crippen LogP) is 1.18. The molecule has 1 unspecified atom stereocenters. The lowest BCUT2D eigenvalue weighted by atomic mass is 9.86. The van der Waals surface area contributed by atoms with Crippen LogP contribution in [0, 0.1) is 23.2 Å². The average molecular weight is 332 g/mol. The minimum Gasteiger partial charge on any atom is -0.484 e. The van der Waals surface area contributed by atoms with Crippen LogP contribution in [0.3, 0.4) is 0 Å². The van der Waals surface area contributed by atoms with Crippen molar-refractivity contribution < 1.29 is 24.2 Å². The fraction of sp³-hybridized carbons (Fsp3) is 0.471. The van der Waals surface area contributed by atoms with E-state index in [0.29, 0.717) is 37.4 Å². The second kappa shape index (κ2) is 8.89. The number of carboxylic acids is 1. The van der Waals surface area contributed by atoms with Crippen molar-refractivity contribution in [1.29, 1.82) is 5.26 Å². The van der Waals surface area contributed by atoms with Gasteiger partial charge in [-0.25, -0.2) is 0 Å². The van der Waals surface area contributed by atoms with Crippen LogP contribution in [0.1, 0.15) is 18.4 Å². The Balaban J connectivity index is 1.78. The van der Waals surface area contributed by atoms with E-state index in [1.807, 2.05) is 6.07 Å². The topological polar surface area (TPSA) is 109 Å². The zero-order valence-electron chi connectivity index (χ0n) is 13.2. The number of ether oxygens (including phenoxy) is 2. The summed E-state index contributed by atoms with van der Waals surface area (Å²) >= 11 is 0. The number of nitrogens with zero attached hydrogens (tertiary/aromatic N) is 1. The van der Waals surface area contributed by atoms with E-state index in [-0.39, 0.29) is 25.0 Å². The summed E-state index contributed by atoms with van der Waals surface area (Å²) in [6.07, 6.45) is 1.38. The fourth-order valence-electron chi connectivity index (χ4n) is 2.62. The first-order chi connectivity index (χ1) is 11.6. The van der Waals surface area contributed by atoms with Crippen molar-refractivity contribution in [2.45, 2.75) is 12.8 Å². The third-order valence-electron chi connectivity index (χ3n) is 4.02. The number of carboxylic acid groups (broad SMARTS) is 1. The first kappa shape index (κ1) is 17.8. The first-order valence-corrected chi connectivity index (χ1v) is 7.80. The molecule has 7 nitrogen and oxygen atoms in total. The molecule has 1 aliphatic heterocycles. The third-order valence-corrected chi connectivity index (χ3v) is 4.02. The van der Waals surface area contributed by atoms with Crippen LogP contribution >= 0.6 is 0 Å². The lowest BCUT2D eigenvalue weighted by Gasteiger charge is -2.27. The van der Waals surface area contributed by atoms with Gasteiger partial charge in [0.15, 0.2) is 6.61 Å². The summed E-state index contributed by atoms with van der Waals surface area (Å²) < 4.78 is 10.6. The summed E-state index contributed by atoms with van der Waals surface area (Å²) in [4.78, 5) is 23.2. The molecule has 2 rings (SSSR count). The fourth-order valence-corrected chi connectivity index (χ4v) is 2.62. The van der Waals surface area contributed by atoms with Gasteiger partial charge in [0, 0.05) is 19.8 Å². The predicted molar refractivity (Wildman–Crippen MR) is 84.3 cm³/mol. The largest absolute Gasteiger partial charge is 0.484 e. The van der Waals surface area contributed by atoms with E-state index in [1.165, 1.54) is 0 Å². The SMILES string of the molecule is N#Cc1ccc(OCC(=O)NCC(C(=O)O)C2CCOCC2)cc1. The molecule has 0 saturated carbocycles. The van der Waals surface area contributed by atoms with Crippen LogP contribution in [0.4, 0.5) is 0 Å². The zero-order chi connectivity index (χ0) is 17.4. The van der Waals surface area contributed by atoms with Crippen LogP contribution in [0.25, 0.3) is 0 Å². The van der Waals surface area contributed by atoms with Crippen molar-refractivity contribution in [2.75, 3.05) is 26.4 Å². The number of nitriles is 1. The molecule has 1 aromatic rings. The van der Waals surface area contributed by atoms with Crippen LogP contribution in [-0.2, 0) is 14.3 Å². The molecule has 1 aromatic carbocycles. The smallest absolute Gasteiger partial charge is 0.308 e. The number of rotatable bonds is 7. The monoisotopic (exact) mass is 332 g/mol. The summed E-state index contributed by atoms with van der Waals surface area (Å²) in [5, 5.41) is 20.7. The zero-order valence-corrected chi connectivity index (χ0v) is 13.2. The highest BCUT2D eigenvalue weighted by Gasteiger charge is 2.29. The van der Waals surface area contributed by atoms with Crippen LogP contribution < -0.4 is 10.1 Å². The molecule has 1 amide bonds. The number of carbonyl (C=O) groups excluding carboxylic acids is 1. The number of carbonyl (C=O) groups is 2. The van der Waals surface area contributed by atoms with Gasteiger partial charge in [-0.3, -0.25) is 9.59 Å². The first-order valence-electron chi connectivity index (χ1n) is 7.80. The van der Waals surface area contributed by atoms with Gasteiger partial charge in [-0.05, 0) is 43.0 Å². The summed E-state index contributed by atoms with van der Waals surface area (Å²) in [6.45, 7) is 0.996. The molecule has 1 fully saturated rings. The van der Waals surface area contributed by atoms with E-state index in [2.05, 4.69) is 5.32 Å². The lowest BCUT2D eigenvalue weighted by molar-refractivity contribution is -0.145. The highest BCUT2D eigenvalue weighted by Crippen LogP contribution is 2.23. The van der Waals surface area contributed by atoms with Gasteiger partial charge in [0.25, 0.3) is 5.91 Å². The minimum absolute atomic E-state index is 0.0102. The molecule has 0 spiro atoms. The van der Waals surface area contributed by atoms with Gasteiger partial charge in [-0.2, -0.15) is 5.26 Å². The Labute approximate surface area is 140 Å². The van der Waals surface area contributed by atoms with Gasteiger partial charge in [-0.15, -0.1) is 0 Å². The molecule has 2 N–H and O–H groups in total. The van der Waals surface area contributed by atoms with E-state index < -0.39 is 11.9 Å². The molecule has 1 aliphatic rings. The maximum atomic E-state index is 11.8.